The molecule has 1 aromatic carbocycles. The van der Waals surface area contributed by atoms with E-state index in [1.807, 2.05) is 13.0 Å². The molecular formula is C10H10ClNO2S. The summed E-state index contributed by atoms with van der Waals surface area (Å²) in [5.74, 6) is 0. The zero-order valence-corrected chi connectivity index (χ0v) is 9.98. The third kappa shape index (κ3) is 2.49. The summed E-state index contributed by atoms with van der Waals surface area (Å²) >= 11 is 0. The molecule has 0 aliphatic heterocycles. The summed E-state index contributed by atoms with van der Waals surface area (Å²) in [7, 11) is 1.48. The summed E-state index contributed by atoms with van der Waals surface area (Å²) in [6, 6.07) is 4.98. The van der Waals surface area contributed by atoms with Crippen molar-refractivity contribution in [2.45, 2.75) is 25.2 Å². The molecule has 0 saturated carbocycles. The van der Waals surface area contributed by atoms with Crippen LogP contribution in [0.2, 0.25) is 0 Å². The first kappa shape index (κ1) is 12.0. The number of benzene rings is 1. The Labute approximate surface area is 93.7 Å². The normalized spacial score (nSPS) is 11.1. The maximum Gasteiger partial charge on any atom is 0.261 e. The second-order valence-corrected chi connectivity index (χ2v) is 5.71. The van der Waals surface area contributed by atoms with Gasteiger partial charge < -0.3 is 0 Å². The fourth-order valence-corrected chi connectivity index (χ4v) is 2.61. The number of halogens is 1. The predicted molar refractivity (Wildman–Crippen MR) is 58.3 cm³/mol. The van der Waals surface area contributed by atoms with Gasteiger partial charge >= 0.3 is 0 Å². The molecule has 0 saturated heterocycles. The van der Waals surface area contributed by atoms with E-state index in [2.05, 4.69) is 0 Å². The van der Waals surface area contributed by atoms with E-state index in [0.29, 0.717) is 17.5 Å². The Bertz CT molecular complexity index is 529. The molecule has 3 nitrogen and oxygen atoms in total. The van der Waals surface area contributed by atoms with Crippen molar-refractivity contribution in [2.75, 3.05) is 0 Å². The fraction of sp³-hybridized carbons (Fsp3) is 0.300. The zero-order valence-electron chi connectivity index (χ0n) is 8.41. The minimum Gasteiger partial charge on any atom is -0.207 e. The van der Waals surface area contributed by atoms with Crippen molar-refractivity contribution in [3.63, 3.8) is 0 Å². The highest BCUT2D eigenvalue weighted by atomic mass is 35.7. The van der Waals surface area contributed by atoms with Crippen LogP contribution in [0, 0.1) is 18.3 Å². The molecule has 0 aliphatic rings. The van der Waals surface area contributed by atoms with Gasteiger partial charge in [-0.25, -0.2) is 8.42 Å². The lowest BCUT2D eigenvalue weighted by Crippen LogP contribution is -1.98. The highest BCUT2D eigenvalue weighted by Gasteiger charge is 2.16. The topological polar surface area (TPSA) is 57.9 Å². The number of nitrogens with zero attached hydrogens (tertiary/aromatic N) is 1. The highest BCUT2D eigenvalue weighted by Crippen LogP contribution is 2.23. The van der Waals surface area contributed by atoms with Crippen molar-refractivity contribution in [2.24, 2.45) is 0 Å². The van der Waals surface area contributed by atoms with Crippen LogP contribution in [0.15, 0.2) is 17.0 Å². The van der Waals surface area contributed by atoms with Crippen LogP contribution in [-0.2, 0) is 15.5 Å². The largest absolute Gasteiger partial charge is 0.261 e. The number of hydrogen-bond acceptors (Lipinski definition) is 3. The van der Waals surface area contributed by atoms with Crippen LogP contribution in [0.1, 0.15) is 23.6 Å². The molecule has 15 heavy (non-hydrogen) atoms. The van der Waals surface area contributed by atoms with Gasteiger partial charge in [0.15, 0.2) is 0 Å². The molecule has 0 aliphatic carbocycles. The van der Waals surface area contributed by atoms with E-state index in [0.717, 1.165) is 5.56 Å². The molecule has 1 aromatic rings. The second-order valence-electron chi connectivity index (χ2n) is 3.18. The summed E-state index contributed by atoms with van der Waals surface area (Å²) in [5, 5.41) is 8.84. The Morgan fingerprint density at radius 2 is 2.07 bits per heavy atom. The van der Waals surface area contributed by atoms with Gasteiger partial charge in [0.2, 0.25) is 0 Å². The summed E-state index contributed by atoms with van der Waals surface area (Å²) in [6.07, 6.45) is 0.687. The van der Waals surface area contributed by atoms with Gasteiger partial charge in [0.25, 0.3) is 9.05 Å². The first-order valence-electron chi connectivity index (χ1n) is 4.38. The fourth-order valence-electron chi connectivity index (χ4n) is 1.41. The molecule has 0 unspecified atom stereocenters. The molecular weight excluding hydrogens is 234 g/mol. The van der Waals surface area contributed by atoms with Crippen LogP contribution >= 0.6 is 10.7 Å². The number of aryl methyl sites for hydroxylation is 2. The van der Waals surface area contributed by atoms with Crippen molar-refractivity contribution in [3.8, 4) is 6.07 Å². The van der Waals surface area contributed by atoms with Crippen molar-refractivity contribution >= 4 is 19.7 Å². The van der Waals surface area contributed by atoms with E-state index < -0.39 is 9.05 Å². The maximum absolute atomic E-state index is 11.2. The molecule has 0 fully saturated rings. The van der Waals surface area contributed by atoms with Gasteiger partial charge in [-0.1, -0.05) is 13.0 Å². The lowest BCUT2D eigenvalue weighted by Gasteiger charge is -2.06. The molecule has 0 radical (unpaired) electrons. The van der Waals surface area contributed by atoms with Crippen LogP contribution in [0.25, 0.3) is 0 Å². The highest BCUT2D eigenvalue weighted by molar-refractivity contribution is 8.13. The second kappa shape index (κ2) is 4.21. The number of rotatable bonds is 2. The molecule has 1 rings (SSSR count). The lowest BCUT2D eigenvalue weighted by molar-refractivity contribution is 0.609. The SMILES string of the molecule is CCc1cc(C)c(S(=O)(=O)Cl)cc1C#N. The van der Waals surface area contributed by atoms with E-state index in [9.17, 15) is 8.42 Å². The van der Waals surface area contributed by atoms with Gasteiger partial charge in [0, 0.05) is 10.7 Å². The van der Waals surface area contributed by atoms with Gasteiger partial charge in [-0.05, 0) is 30.5 Å². The van der Waals surface area contributed by atoms with Crippen LogP contribution in [0.3, 0.4) is 0 Å². The lowest BCUT2D eigenvalue weighted by atomic mass is 10.0. The van der Waals surface area contributed by atoms with E-state index >= 15 is 0 Å². The van der Waals surface area contributed by atoms with Gasteiger partial charge in [-0.15, -0.1) is 0 Å². The molecule has 0 aromatic heterocycles. The van der Waals surface area contributed by atoms with Gasteiger partial charge in [0.1, 0.15) is 0 Å². The first-order chi connectivity index (χ1) is 6.90. The standard InChI is InChI=1S/C10H10ClNO2S/c1-3-8-4-7(2)10(15(11,13)14)5-9(8)6-12/h4-5H,3H2,1-2H3. The number of hydrogen-bond donors (Lipinski definition) is 0. The van der Waals surface area contributed by atoms with Crippen molar-refractivity contribution in [3.05, 3.63) is 28.8 Å². The van der Waals surface area contributed by atoms with Crippen molar-refractivity contribution < 1.29 is 8.42 Å². The quantitative estimate of drug-likeness (QED) is 0.750. The van der Waals surface area contributed by atoms with Gasteiger partial charge in [-0.3, -0.25) is 0 Å². The summed E-state index contributed by atoms with van der Waals surface area (Å²) in [6.45, 7) is 3.57. The average Bonchev–Trinajstić information content (AvgIpc) is 2.15. The van der Waals surface area contributed by atoms with Crippen LogP contribution < -0.4 is 0 Å². The van der Waals surface area contributed by atoms with Gasteiger partial charge in [-0.2, -0.15) is 5.26 Å². The third-order valence-electron chi connectivity index (χ3n) is 2.16. The molecule has 0 N–H and O–H groups in total. The smallest absolute Gasteiger partial charge is 0.207 e. The monoisotopic (exact) mass is 243 g/mol. The molecule has 80 valence electrons. The Morgan fingerprint density at radius 1 is 1.47 bits per heavy atom. The van der Waals surface area contributed by atoms with Crippen molar-refractivity contribution in [1.29, 1.82) is 5.26 Å². The van der Waals surface area contributed by atoms with Crippen LogP contribution in [-0.4, -0.2) is 8.42 Å². The van der Waals surface area contributed by atoms with E-state index in [-0.39, 0.29) is 4.90 Å². The Hall–Kier alpha value is -1.05. The third-order valence-corrected chi connectivity index (χ3v) is 3.63. The molecule has 5 heteroatoms. The summed E-state index contributed by atoms with van der Waals surface area (Å²) in [4.78, 5) is 0.0120. The zero-order chi connectivity index (χ0) is 11.6. The minimum atomic E-state index is -3.77. The van der Waals surface area contributed by atoms with Crippen LogP contribution in [0.4, 0.5) is 0 Å². The minimum absolute atomic E-state index is 0.0120. The maximum atomic E-state index is 11.2. The first-order valence-corrected chi connectivity index (χ1v) is 6.69. The van der Waals surface area contributed by atoms with Gasteiger partial charge in [0.05, 0.1) is 16.5 Å². The molecule has 0 bridgehead atoms. The van der Waals surface area contributed by atoms with E-state index in [4.69, 9.17) is 15.9 Å². The van der Waals surface area contributed by atoms with Crippen molar-refractivity contribution in [1.82, 2.24) is 0 Å². The van der Waals surface area contributed by atoms with E-state index in [1.54, 1.807) is 13.0 Å². The predicted octanol–water partition coefficient (Wildman–Crippen LogP) is 2.36. The average molecular weight is 244 g/mol. The van der Waals surface area contributed by atoms with E-state index in [1.165, 1.54) is 6.07 Å². The Balaban J connectivity index is 3.55. The molecule has 0 atom stereocenters. The molecule has 0 heterocycles. The Kier molecular flexibility index (Phi) is 3.38. The Morgan fingerprint density at radius 3 is 2.47 bits per heavy atom. The van der Waals surface area contributed by atoms with Crippen LogP contribution in [0.5, 0.6) is 0 Å². The summed E-state index contributed by atoms with van der Waals surface area (Å²) < 4.78 is 22.4. The number of nitriles is 1. The molecule has 0 amide bonds. The summed E-state index contributed by atoms with van der Waals surface area (Å²) in [5.41, 5.74) is 1.77. The molecule has 0 spiro atoms.